The maximum Gasteiger partial charge on any atom is 0.237 e. The SMILES string of the molecule is CC(Cl)C(=O)NCCC(=O)NC1CC1. The van der Waals surface area contributed by atoms with Crippen LogP contribution in [0.3, 0.4) is 0 Å². The second kappa shape index (κ2) is 5.20. The van der Waals surface area contributed by atoms with Crippen molar-refractivity contribution >= 4 is 23.4 Å². The van der Waals surface area contributed by atoms with Crippen LogP contribution in [0.25, 0.3) is 0 Å². The fourth-order valence-corrected chi connectivity index (χ4v) is 1.04. The van der Waals surface area contributed by atoms with Gasteiger partial charge in [0.05, 0.1) is 0 Å². The Labute approximate surface area is 88.4 Å². The smallest absolute Gasteiger partial charge is 0.237 e. The molecule has 0 aliphatic heterocycles. The minimum Gasteiger partial charge on any atom is -0.354 e. The molecule has 0 aromatic rings. The van der Waals surface area contributed by atoms with Crippen LogP contribution in [0.2, 0.25) is 0 Å². The van der Waals surface area contributed by atoms with Gasteiger partial charge in [-0.3, -0.25) is 9.59 Å². The van der Waals surface area contributed by atoms with E-state index in [0.29, 0.717) is 19.0 Å². The van der Waals surface area contributed by atoms with Gasteiger partial charge in [0, 0.05) is 19.0 Å². The van der Waals surface area contributed by atoms with Crippen LogP contribution in [-0.2, 0) is 9.59 Å². The van der Waals surface area contributed by atoms with Crippen molar-refractivity contribution in [2.45, 2.75) is 37.6 Å². The summed E-state index contributed by atoms with van der Waals surface area (Å²) in [5.41, 5.74) is 0. The molecule has 1 fully saturated rings. The van der Waals surface area contributed by atoms with Crippen LogP contribution >= 0.6 is 11.6 Å². The minimum atomic E-state index is -0.540. The fraction of sp³-hybridized carbons (Fsp3) is 0.778. The zero-order valence-electron chi connectivity index (χ0n) is 8.18. The normalized spacial score (nSPS) is 17.3. The Morgan fingerprint density at radius 3 is 2.64 bits per heavy atom. The number of hydrogen-bond donors (Lipinski definition) is 2. The quantitative estimate of drug-likeness (QED) is 0.657. The van der Waals surface area contributed by atoms with Gasteiger partial charge in [-0.25, -0.2) is 0 Å². The minimum absolute atomic E-state index is 0.00461. The monoisotopic (exact) mass is 218 g/mol. The molecular formula is C9H15ClN2O2. The maximum absolute atomic E-state index is 11.1. The molecule has 0 aromatic carbocycles. The first kappa shape index (κ1) is 11.3. The van der Waals surface area contributed by atoms with Crippen LogP contribution in [0.4, 0.5) is 0 Å². The lowest BCUT2D eigenvalue weighted by Crippen LogP contribution is -2.34. The van der Waals surface area contributed by atoms with E-state index in [1.807, 2.05) is 0 Å². The van der Waals surface area contributed by atoms with E-state index in [9.17, 15) is 9.59 Å². The summed E-state index contributed by atoms with van der Waals surface area (Å²) in [7, 11) is 0. The molecular weight excluding hydrogens is 204 g/mol. The molecule has 1 rings (SSSR count). The van der Waals surface area contributed by atoms with Gasteiger partial charge in [0.2, 0.25) is 11.8 Å². The van der Waals surface area contributed by atoms with Crippen molar-refractivity contribution in [2.75, 3.05) is 6.54 Å². The van der Waals surface area contributed by atoms with Crippen molar-refractivity contribution in [3.05, 3.63) is 0 Å². The molecule has 1 saturated carbocycles. The maximum atomic E-state index is 11.1. The highest BCUT2D eigenvalue weighted by atomic mass is 35.5. The molecule has 0 saturated heterocycles. The molecule has 80 valence electrons. The first-order valence-electron chi connectivity index (χ1n) is 4.80. The van der Waals surface area contributed by atoms with Gasteiger partial charge in [-0.05, 0) is 19.8 Å². The van der Waals surface area contributed by atoms with Crippen LogP contribution in [-0.4, -0.2) is 29.8 Å². The molecule has 0 bridgehead atoms. The first-order chi connectivity index (χ1) is 6.59. The van der Waals surface area contributed by atoms with E-state index in [-0.39, 0.29) is 11.8 Å². The Kier molecular flexibility index (Phi) is 4.20. The second-order valence-electron chi connectivity index (χ2n) is 3.50. The predicted octanol–water partition coefficient (Wildman–Crippen LogP) is 0.399. The lowest BCUT2D eigenvalue weighted by molar-refractivity contribution is -0.122. The van der Waals surface area contributed by atoms with E-state index in [0.717, 1.165) is 12.8 Å². The summed E-state index contributed by atoms with van der Waals surface area (Å²) in [4.78, 5) is 22.1. The van der Waals surface area contributed by atoms with Crippen LogP contribution in [0, 0.1) is 0 Å². The van der Waals surface area contributed by atoms with E-state index in [1.54, 1.807) is 6.92 Å². The molecule has 2 N–H and O–H groups in total. The standard InChI is InChI=1S/C9H15ClN2O2/c1-6(10)9(14)11-5-4-8(13)12-7-2-3-7/h6-7H,2-5H2,1H3,(H,11,14)(H,12,13). The number of nitrogens with one attached hydrogen (secondary N) is 2. The summed E-state index contributed by atoms with van der Waals surface area (Å²) in [5.74, 6) is -0.235. The van der Waals surface area contributed by atoms with Crippen molar-refractivity contribution in [1.82, 2.24) is 10.6 Å². The Bertz CT molecular complexity index is 227. The number of carbonyl (C=O) groups is 2. The molecule has 14 heavy (non-hydrogen) atoms. The van der Waals surface area contributed by atoms with Crippen LogP contribution in [0.1, 0.15) is 26.2 Å². The first-order valence-corrected chi connectivity index (χ1v) is 5.24. The van der Waals surface area contributed by atoms with Crippen LogP contribution < -0.4 is 10.6 Å². The predicted molar refractivity (Wildman–Crippen MR) is 54.1 cm³/mol. The van der Waals surface area contributed by atoms with Gasteiger partial charge in [0.1, 0.15) is 5.38 Å². The number of rotatable bonds is 5. The van der Waals surface area contributed by atoms with Crippen molar-refractivity contribution in [3.63, 3.8) is 0 Å². The number of hydrogen-bond acceptors (Lipinski definition) is 2. The summed E-state index contributed by atoms with van der Waals surface area (Å²) in [6.07, 6.45) is 2.49. The van der Waals surface area contributed by atoms with Crippen LogP contribution in [0.15, 0.2) is 0 Å². The Morgan fingerprint density at radius 1 is 1.50 bits per heavy atom. The zero-order valence-corrected chi connectivity index (χ0v) is 8.93. The number of carbonyl (C=O) groups excluding carboxylic acids is 2. The van der Waals surface area contributed by atoms with Crippen molar-refractivity contribution in [2.24, 2.45) is 0 Å². The van der Waals surface area contributed by atoms with E-state index >= 15 is 0 Å². The van der Waals surface area contributed by atoms with E-state index in [4.69, 9.17) is 11.6 Å². The van der Waals surface area contributed by atoms with Gasteiger partial charge in [-0.1, -0.05) is 0 Å². The van der Waals surface area contributed by atoms with Gasteiger partial charge >= 0.3 is 0 Å². The summed E-state index contributed by atoms with van der Waals surface area (Å²) < 4.78 is 0. The highest BCUT2D eigenvalue weighted by Crippen LogP contribution is 2.18. The Hall–Kier alpha value is -0.770. The van der Waals surface area contributed by atoms with E-state index < -0.39 is 5.38 Å². The summed E-state index contributed by atoms with van der Waals surface area (Å²) >= 11 is 5.53. The van der Waals surface area contributed by atoms with Gasteiger partial charge < -0.3 is 10.6 Å². The molecule has 1 aliphatic rings. The molecule has 0 radical (unpaired) electrons. The molecule has 1 unspecified atom stereocenters. The third-order valence-electron chi connectivity index (χ3n) is 1.96. The van der Waals surface area contributed by atoms with Crippen LogP contribution in [0.5, 0.6) is 0 Å². The largest absolute Gasteiger partial charge is 0.354 e. The third kappa shape index (κ3) is 4.46. The van der Waals surface area contributed by atoms with Gasteiger partial charge in [-0.2, -0.15) is 0 Å². The number of amides is 2. The molecule has 1 atom stereocenters. The molecule has 0 heterocycles. The molecule has 0 spiro atoms. The second-order valence-corrected chi connectivity index (χ2v) is 4.15. The van der Waals surface area contributed by atoms with Gasteiger partial charge in [0.15, 0.2) is 0 Å². The van der Waals surface area contributed by atoms with E-state index in [1.165, 1.54) is 0 Å². The number of halogens is 1. The summed E-state index contributed by atoms with van der Waals surface area (Å²) in [6.45, 7) is 1.95. The third-order valence-corrected chi connectivity index (χ3v) is 2.15. The number of alkyl halides is 1. The van der Waals surface area contributed by atoms with Gasteiger partial charge in [-0.15, -0.1) is 11.6 Å². The average Bonchev–Trinajstić information content (AvgIpc) is 2.87. The highest BCUT2D eigenvalue weighted by molar-refractivity contribution is 6.30. The molecule has 0 aromatic heterocycles. The summed E-state index contributed by atoms with van der Waals surface area (Å²) in [5, 5.41) is 4.87. The lowest BCUT2D eigenvalue weighted by Gasteiger charge is -2.06. The zero-order chi connectivity index (χ0) is 10.6. The summed E-state index contributed by atoms with van der Waals surface area (Å²) in [6, 6.07) is 0.380. The molecule has 1 aliphatic carbocycles. The Balaban J connectivity index is 2.02. The van der Waals surface area contributed by atoms with Crippen molar-refractivity contribution < 1.29 is 9.59 Å². The molecule has 4 nitrogen and oxygen atoms in total. The average molecular weight is 219 g/mol. The van der Waals surface area contributed by atoms with E-state index in [2.05, 4.69) is 10.6 Å². The highest BCUT2D eigenvalue weighted by Gasteiger charge is 2.22. The fourth-order valence-electron chi connectivity index (χ4n) is 0.967. The van der Waals surface area contributed by atoms with Crippen molar-refractivity contribution in [3.8, 4) is 0 Å². The molecule has 2 amide bonds. The topological polar surface area (TPSA) is 58.2 Å². The van der Waals surface area contributed by atoms with Gasteiger partial charge in [0.25, 0.3) is 0 Å². The Morgan fingerprint density at radius 2 is 2.14 bits per heavy atom. The lowest BCUT2D eigenvalue weighted by atomic mass is 10.3. The van der Waals surface area contributed by atoms with Crippen molar-refractivity contribution in [1.29, 1.82) is 0 Å². The molecule has 5 heteroatoms.